The summed E-state index contributed by atoms with van der Waals surface area (Å²) in [7, 11) is -2.36. The Labute approximate surface area is 139 Å². The lowest BCUT2D eigenvalue weighted by Crippen LogP contribution is -2.37. The molecule has 126 valence electrons. The maximum atomic E-state index is 13.4. The van der Waals surface area contributed by atoms with Crippen molar-refractivity contribution in [3.05, 3.63) is 53.3 Å². The van der Waals surface area contributed by atoms with E-state index in [4.69, 9.17) is 4.74 Å². The minimum absolute atomic E-state index is 0.0187. The minimum Gasteiger partial charge on any atom is -0.497 e. The lowest BCUT2D eigenvalue weighted by Gasteiger charge is -2.30. The van der Waals surface area contributed by atoms with Crippen molar-refractivity contribution in [3.63, 3.8) is 0 Å². The van der Waals surface area contributed by atoms with Gasteiger partial charge in [0.05, 0.1) is 17.7 Å². The number of halogens is 1. The highest BCUT2D eigenvalue weighted by atomic mass is 32.2. The zero-order chi connectivity index (χ0) is 17.5. The summed E-state index contributed by atoms with van der Waals surface area (Å²) in [6, 6.07) is 8.25. The number of sulfonamides is 1. The normalized spacial score (nSPS) is 14.5. The van der Waals surface area contributed by atoms with Gasteiger partial charge in [-0.05, 0) is 48.9 Å². The number of rotatable bonds is 3. The highest BCUT2D eigenvalue weighted by molar-refractivity contribution is 7.92. The van der Waals surface area contributed by atoms with E-state index in [0.29, 0.717) is 11.3 Å². The van der Waals surface area contributed by atoms with Crippen LogP contribution in [-0.4, -0.2) is 27.9 Å². The molecule has 2 aromatic rings. The summed E-state index contributed by atoms with van der Waals surface area (Å²) >= 11 is 0. The topological polar surface area (TPSA) is 63.7 Å². The van der Waals surface area contributed by atoms with Crippen LogP contribution in [0.1, 0.15) is 22.3 Å². The van der Waals surface area contributed by atoms with Gasteiger partial charge >= 0.3 is 0 Å². The number of hydrogen-bond donors (Lipinski definition) is 0. The number of methoxy groups -OCH3 is 1. The van der Waals surface area contributed by atoms with Crippen LogP contribution in [0.3, 0.4) is 0 Å². The van der Waals surface area contributed by atoms with Crippen LogP contribution in [0.2, 0.25) is 0 Å². The van der Waals surface area contributed by atoms with Gasteiger partial charge in [0.1, 0.15) is 11.6 Å². The van der Waals surface area contributed by atoms with Crippen molar-refractivity contribution in [2.45, 2.75) is 18.2 Å². The first kappa shape index (κ1) is 16.4. The summed E-state index contributed by atoms with van der Waals surface area (Å²) in [5, 5.41) is 0. The number of hydrogen-bond acceptors (Lipinski definition) is 4. The van der Waals surface area contributed by atoms with Gasteiger partial charge in [0.15, 0.2) is 5.78 Å². The van der Waals surface area contributed by atoms with Gasteiger partial charge in [0.25, 0.3) is 10.0 Å². The van der Waals surface area contributed by atoms with Gasteiger partial charge in [-0.2, -0.15) is 0 Å². The molecule has 0 bridgehead atoms. The van der Waals surface area contributed by atoms with Crippen LogP contribution < -0.4 is 9.04 Å². The van der Waals surface area contributed by atoms with Crippen molar-refractivity contribution >= 4 is 21.5 Å². The Kier molecular flexibility index (Phi) is 4.04. The molecule has 1 aliphatic heterocycles. The molecule has 0 saturated heterocycles. The summed E-state index contributed by atoms with van der Waals surface area (Å²) in [4.78, 5) is 12.1. The molecule has 0 radical (unpaired) electrons. The quantitative estimate of drug-likeness (QED) is 0.855. The van der Waals surface area contributed by atoms with E-state index in [1.54, 1.807) is 19.1 Å². The van der Waals surface area contributed by atoms with Crippen molar-refractivity contribution in [1.82, 2.24) is 0 Å². The maximum Gasteiger partial charge on any atom is 0.264 e. The Morgan fingerprint density at radius 3 is 2.58 bits per heavy atom. The molecule has 0 unspecified atom stereocenters. The van der Waals surface area contributed by atoms with Gasteiger partial charge in [-0.1, -0.05) is 0 Å². The molecule has 1 heterocycles. The number of Topliss-reactive ketones (excluding diaryl/α,β-unsaturated/α-hetero) is 1. The lowest BCUT2D eigenvalue weighted by molar-refractivity contribution is 0.0981. The van der Waals surface area contributed by atoms with Gasteiger partial charge < -0.3 is 4.74 Å². The second-order valence-electron chi connectivity index (χ2n) is 5.54. The molecule has 0 atom stereocenters. The Balaban J connectivity index is 2.12. The summed E-state index contributed by atoms with van der Waals surface area (Å²) < 4.78 is 45.8. The van der Waals surface area contributed by atoms with Crippen molar-refractivity contribution in [3.8, 4) is 5.75 Å². The van der Waals surface area contributed by atoms with Crippen LogP contribution in [0, 0.1) is 12.7 Å². The number of ether oxygens (including phenoxy) is 1. The number of benzene rings is 2. The van der Waals surface area contributed by atoms with E-state index in [9.17, 15) is 17.6 Å². The fourth-order valence-corrected chi connectivity index (χ4v) is 4.51. The number of anilines is 1. The van der Waals surface area contributed by atoms with Crippen LogP contribution in [-0.2, 0) is 10.0 Å². The molecule has 24 heavy (non-hydrogen) atoms. The van der Waals surface area contributed by atoms with Crippen LogP contribution in [0.25, 0.3) is 0 Å². The molecule has 0 spiro atoms. The SMILES string of the molecule is COc1ccc(S(=O)(=O)N2CCC(=O)c3cc(F)ccc32)c(C)c1. The van der Waals surface area contributed by atoms with Crippen LogP contribution in [0.4, 0.5) is 10.1 Å². The van der Waals surface area contributed by atoms with Gasteiger partial charge in [-0.15, -0.1) is 0 Å². The summed E-state index contributed by atoms with van der Waals surface area (Å²) in [5.74, 6) is -0.271. The molecule has 0 saturated carbocycles. The van der Waals surface area contributed by atoms with Gasteiger partial charge in [0, 0.05) is 18.5 Å². The molecule has 5 nitrogen and oxygen atoms in total. The highest BCUT2D eigenvalue weighted by Crippen LogP contribution is 2.34. The van der Waals surface area contributed by atoms with Crippen molar-refractivity contribution in [2.75, 3.05) is 18.0 Å². The maximum absolute atomic E-state index is 13.4. The standard InChI is InChI=1S/C17H16FNO4S/c1-11-9-13(23-2)4-6-17(11)24(21,22)19-8-7-16(20)14-10-12(18)3-5-15(14)19/h3-6,9-10H,7-8H2,1-2H3. The first-order valence-electron chi connectivity index (χ1n) is 7.34. The fourth-order valence-electron chi connectivity index (χ4n) is 2.81. The highest BCUT2D eigenvalue weighted by Gasteiger charge is 2.33. The largest absolute Gasteiger partial charge is 0.497 e. The van der Waals surface area contributed by atoms with E-state index in [1.807, 2.05) is 0 Å². The molecule has 1 aliphatic rings. The number of fused-ring (bicyclic) bond motifs is 1. The van der Waals surface area contributed by atoms with Crippen LogP contribution in [0.15, 0.2) is 41.3 Å². The molecule has 2 aromatic carbocycles. The van der Waals surface area contributed by atoms with Gasteiger partial charge in [0.2, 0.25) is 0 Å². The Hall–Kier alpha value is -2.41. The van der Waals surface area contributed by atoms with Gasteiger partial charge in [-0.25, -0.2) is 12.8 Å². The third-order valence-electron chi connectivity index (χ3n) is 4.02. The molecule has 0 amide bonds. The second-order valence-corrected chi connectivity index (χ2v) is 7.37. The average molecular weight is 349 g/mol. The monoisotopic (exact) mass is 349 g/mol. The number of aryl methyl sites for hydroxylation is 1. The smallest absolute Gasteiger partial charge is 0.264 e. The molecule has 0 aliphatic carbocycles. The van der Waals surface area contributed by atoms with Crippen molar-refractivity contribution < 1.29 is 22.3 Å². The molecular weight excluding hydrogens is 333 g/mol. The first-order valence-corrected chi connectivity index (χ1v) is 8.79. The number of nitrogens with zero attached hydrogens (tertiary/aromatic N) is 1. The molecule has 7 heteroatoms. The van der Waals surface area contributed by atoms with E-state index >= 15 is 0 Å². The van der Waals surface area contributed by atoms with Crippen LogP contribution >= 0.6 is 0 Å². The molecular formula is C17H16FNO4S. The molecule has 0 aromatic heterocycles. The number of ketones is 1. The van der Waals surface area contributed by atoms with Crippen LogP contribution in [0.5, 0.6) is 5.75 Å². The van der Waals surface area contributed by atoms with Crippen molar-refractivity contribution in [1.29, 1.82) is 0 Å². The van der Waals surface area contributed by atoms with E-state index in [-0.39, 0.29) is 34.9 Å². The third kappa shape index (κ3) is 2.65. The fraction of sp³-hybridized carbons (Fsp3) is 0.235. The predicted molar refractivity (Wildman–Crippen MR) is 87.6 cm³/mol. The second kappa shape index (κ2) is 5.90. The molecule has 0 N–H and O–H groups in total. The zero-order valence-electron chi connectivity index (χ0n) is 13.2. The van der Waals surface area contributed by atoms with E-state index in [2.05, 4.69) is 0 Å². The summed E-state index contributed by atoms with van der Waals surface area (Å²) in [6.07, 6.45) is 0.0187. The first-order chi connectivity index (χ1) is 11.3. The summed E-state index contributed by atoms with van der Waals surface area (Å²) in [5.41, 5.74) is 0.841. The van der Waals surface area contributed by atoms with Crippen molar-refractivity contribution in [2.24, 2.45) is 0 Å². The molecule has 3 rings (SSSR count). The number of carbonyl (C=O) groups is 1. The zero-order valence-corrected chi connectivity index (χ0v) is 14.1. The lowest BCUT2D eigenvalue weighted by atomic mass is 10.0. The number of carbonyl (C=O) groups excluding carboxylic acids is 1. The Bertz CT molecular complexity index is 924. The minimum atomic E-state index is -3.86. The van der Waals surface area contributed by atoms with Gasteiger partial charge in [-0.3, -0.25) is 9.10 Å². The van der Waals surface area contributed by atoms with E-state index < -0.39 is 15.8 Å². The predicted octanol–water partition coefficient (Wildman–Crippen LogP) is 2.92. The van der Waals surface area contributed by atoms with E-state index in [1.165, 1.54) is 19.2 Å². The van der Waals surface area contributed by atoms with E-state index in [0.717, 1.165) is 16.4 Å². The average Bonchev–Trinajstić information content (AvgIpc) is 2.55. The Morgan fingerprint density at radius 1 is 1.17 bits per heavy atom. The third-order valence-corrected chi connectivity index (χ3v) is 5.99. The molecule has 0 fully saturated rings. The Morgan fingerprint density at radius 2 is 1.92 bits per heavy atom. The summed E-state index contributed by atoms with van der Waals surface area (Å²) in [6.45, 7) is 1.71.